The minimum Gasteiger partial charge on any atom is -0.462 e. The molecule has 3 aromatic rings. The lowest BCUT2D eigenvalue weighted by Gasteiger charge is -2.08. The fourth-order valence-corrected chi connectivity index (χ4v) is 3.81. The smallest absolute Gasteiger partial charge is 0.341 e. The highest BCUT2D eigenvalue weighted by Gasteiger charge is 2.17. The highest BCUT2D eigenvalue weighted by atomic mass is 32.1. The molecular formula is C19H20N2O3S. The number of aliphatic hydroxyl groups excluding tert-OH is 1. The molecule has 1 aromatic carbocycles. The Morgan fingerprint density at radius 2 is 2.12 bits per heavy atom. The Morgan fingerprint density at radius 3 is 2.84 bits per heavy atom. The maximum Gasteiger partial charge on any atom is 0.341 e. The average Bonchev–Trinajstić information content (AvgIpc) is 3.18. The number of aryl methyl sites for hydroxylation is 1. The Hall–Kier alpha value is -2.44. The van der Waals surface area contributed by atoms with Crippen LogP contribution in [0.2, 0.25) is 0 Å². The van der Waals surface area contributed by atoms with Gasteiger partial charge in [-0.3, -0.25) is 0 Å². The summed E-state index contributed by atoms with van der Waals surface area (Å²) < 4.78 is 6.80. The van der Waals surface area contributed by atoms with Gasteiger partial charge in [-0.2, -0.15) is 5.10 Å². The van der Waals surface area contributed by atoms with Crippen LogP contribution in [0.3, 0.4) is 0 Å². The van der Waals surface area contributed by atoms with Gasteiger partial charge in [0.05, 0.1) is 30.8 Å². The Bertz CT molecular complexity index is 911. The first kappa shape index (κ1) is 17.4. The van der Waals surface area contributed by atoms with Gasteiger partial charge in [0.1, 0.15) is 5.56 Å². The van der Waals surface area contributed by atoms with Gasteiger partial charge in [0.2, 0.25) is 0 Å². The number of carbonyl (C=O) groups is 1. The van der Waals surface area contributed by atoms with Gasteiger partial charge in [-0.1, -0.05) is 12.1 Å². The summed E-state index contributed by atoms with van der Waals surface area (Å²) in [6.07, 6.45) is 1.54. The number of hydrogen-bond donors (Lipinski definition) is 1. The number of aromatic nitrogens is 2. The number of hydrogen-bond acceptors (Lipinski definition) is 5. The van der Waals surface area contributed by atoms with Crippen molar-refractivity contribution in [1.29, 1.82) is 0 Å². The second kappa shape index (κ2) is 7.21. The maximum absolute atomic E-state index is 12.0. The van der Waals surface area contributed by atoms with E-state index in [9.17, 15) is 9.90 Å². The molecule has 25 heavy (non-hydrogen) atoms. The summed E-state index contributed by atoms with van der Waals surface area (Å²) in [5.74, 6) is -0.362. The highest BCUT2D eigenvalue weighted by Crippen LogP contribution is 2.33. The van der Waals surface area contributed by atoms with Crippen molar-refractivity contribution in [2.75, 3.05) is 6.61 Å². The van der Waals surface area contributed by atoms with E-state index in [-0.39, 0.29) is 12.6 Å². The summed E-state index contributed by atoms with van der Waals surface area (Å²) in [4.78, 5) is 14.2. The van der Waals surface area contributed by atoms with Crippen LogP contribution in [0.5, 0.6) is 0 Å². The van der Waals surface area contributed by atoms with Crippen molar-refractivity contribution >= 4 is 17.3 Å². The van der Waals surface area contributed by atoms with Gasteiger partial charge in [0, 0.05) is 9.75 Å². The lowest BCUT2D eigenvalue weighted by molar-refractivity contribution is 0.0525. The van der Waals surface area contributed by atoms with Crippen molar-refractivity contribution in [3.05, 3.63) is 58.2 Å². The Labute approximate surface area is 150 Å². The van der Waals surface area contributed by atoms with E-state index in [0.717, 1.165) is 32.3 Å². The fourth-order valence-electron chi connectivity index (χ4n) is 2.79. The van der Waals surface area contributed by atoms with E-state index in [4.69, 9.17) is 4.74 Å². The van der Waals surface area contributed by atoms with E-state index in [2.05, 4.69) is 5.10 Å². The lowest BCUT2D eigenvalue weighted by atomic mass is 10.1. The van der Waals surface area contributed by atoms with E-state index < -0.39 is 0 Å². The number of carbonyl (C=O) groups excluding carboxylic acids is 1. The third-order valence-corrected chi connectivity index (χ3v) is 5.10. The van der Waals surface area contributed by atoms with E-state index in [1.165, 1.54) is 6.20 Å². The molecule has 0 saturated heterocycles. The first-order chi connectivity index (χ1) is 12.0. The number of ether oxygens (including phenoxy) is 1. The van der Waals surface area contributed by atoms with E-state index in [1.807, 2.05) is 44.2 Å². The maximum atomic E-state index is 12.0. The van der Waals surface area contributed by atoms with Crippen LogP contribution < -0.4 is 0 Å². The summed E-state index contributed by atoms with van der Waals surface area (Å²) in [6.45, 7) is 6.00. The zero-order valence-corrected chi connectivity index (χ0v) is 15.3. The number of nitrogens with zero attached hydrogens (tertiary/aromatic N) is 2. The first-order valence-electron chi connectivity index (χ1n) is 8.07. The Balaban J connectivity index is 2.01. The third kappa shape index (κ3) is 3.36. The molecule has 0 radical (unpaired) electrons. The molecule has 0 amide bonds. The van der Waals surface area contributed by atoms with Crippen molar-refractivity contribution < 1.29 is 14.6 Å². The molecular weight excluding hydrogens is 336 g/mol. The van der Waals surface area contributed by atoms with Crippen molar-refractivity contribution in [3.8, 4) is 16.1 Å². The minimum atomic E-state index is -0.362. The number of aliphatic hydroxyl groups is 1. The van der Waals surface area contributed by atoms with Gasteiger partial charge < -0.3 is 9.84 Å². The van der Waals surface area contributed by atoms with Crippen LogP contribution in [-0.2, 0) is 11.3 Å². The van der Waals surface area contributed by atoms with Crippen LogP contribution in [0.15, 0.2) is 36.5 Å². The second-order valence-corrected chi connectivity index (χ2v) is 6.95. The number of rotatable bonds is 5. The van der Waals surface area contributed by atoms with Crippen molar-refractivity contribution in [1.82, 2.24) is 9.78 Å². The van der Waals surface area contributed by atoms with Gasteiger partial charge in [-0.25, -0.2) is 9.48 Å². The lowest BCUT2D eigenvalue weighted by Crippen LogP contribution is -2.07. The molecule has 0 aliphatic carbocycles. The van der Waals surface area contributed by atoms with Gasteiger partial charge >= 0.3 is 5.97 Å². The van der Waals surface area contributed by atoms with Gasteiger partial charge in [-0.05, 0) is 50.1 Å². The van der Waals surface area contributed by atoms with E-state index in [0.29, 0.717) is 12.2 Å². The number of benzene rings is 1. The molecule has 0 aliphatic heterocycles. The summed E-state index contributed by atoms with van der Waals surface area (Å²) >= 11 is 1.65. The summed E-state index contributed by atoms with van der Waals surface area (Å²) in [5.41, 5.74) is 4.01. The van der Waals surface area contributed by atoms with Gasteiger partial charge in [-0.15, -0.1) is 11.3 Å². The zero-order chi connectivity index (χ0) is 18.0. The van der Waals surface area contributed by atoms with Crippen LogP contribution in [0, 0.1) is 13.8 Å². The van der Waals surface area contributed by atoms with Crippen LogP contribution >= 0.6 is 11.3 Å². The molecule has 0 atom stereocenters. The average molecular weight is 356 g/mol. The quantitative estimate of drug-likeness (QED) is 0.705. The molecule has 2 heterocycles. The van der Waals surface area contributed by atoms with Crippen LogP contribution in [0.25, 0.3) is 16.1 Å². The standard InChI is InChI=1S/C19H20N2O3S/c1-4-24-19(23)17-10-20-21(13(17)3)16-7-5-6-14(9-16)18-15(11-22)8-12(2)25-18/h5-10,22H,4,11H2,1-3H3. The van der Waals surface area contributed by atoms with Crippen LogP contribution in [0.1, 0.15) is 33.4 Å². The second-order valence-electron chi connectivity index (χ2n) is 5.70. The SMILES string of the molecule is CCOC(=O)c1cnn(-c2cccc(-c3sc(C)cc3CO)c2)c1C. The van der Waals surface area contributed by atoms with E-state index in [1.54, 1.807) is 22.9 Å². The normalized spacial score (nSPS) is 10.9. The highest BCUT2D eigenvalue weighted by molar-refractivity contribution is 7.15. The van der Waals surface area contributed by atoms with Gasteiger partial charge in [0.15, 0.2) is 0 Å². The first-order valence-corrected chi connectivity index (χ1v) is 8.89. The largest absolute Gasteiger partial charge is 0.462 e. The molecule has 0 aliphatic rings. The van der Waals surface area contributed by atoms with E-state index >= 15 is 0 Å². The van der Waals surface area contributed by atoms with Crippen molar-refractivity contribution in [2.24, 2.45) is 0 Å². The van der Waals surface area contributed by atoms with Crippen molar-refractivity contribution in [2.45, 2.75) is 27.4 Å². The summed E-state index contributed by atoms with van der Waals surface area (Å²) in [5, 5.41) is 13.9. The molecule has 6 heteroatoms. The molecule has 2 aromatic heterocycles. The molecule has 130 valence electrons. The topological polar surface area (TPSA) is 64.3 Å². The molecule has 0 fully saturated rings. The molecule has 0 unspecified atom stereocenters. The monoisotopic (exact) mass is 356 g/mol. The predicted octanol–water partition coefficient (Wildman–Crippen LogP) is 3.89. The Morgan fingerprint density at radius 1 is 1.32 bits per heavy atom. The van der Waals surface area contributed by atoms with Crippen LogP contribution in [0.4, 0.5) is 0 Å². The zero-order valence-electron chi connectivity index (χ0n) is 14.4. The molecule has 0 bridgehead atoms. The van der Waals surface area contributed by atoms with Crippen LogP contribution in [-0.4, -0.2) is 27.5 Å². The molecule has 5 nitrogen and oxygen atoms in total. The molecule has 3 rings (SSSR count). The minimum absolute atomic E-state index is 0.0116. The third-order valence-electron chi connectivity index (χ3n) is 3.96. The molecule has 0 spiro atoms. The van der Waals surface area contributed by atoms with Crippen molar-refractivity contribution in [3.63, 3.8) is 0 Å². The molecule has 0 saturated carbocycles. The van der Waals surface area contributed by atoms with Gasteiger partial charge in [0.25, 0.3) is 0 Å². The fraction of sp³-hybridized carbons (Fsp3) is 0.263. The molecule has 1 N–H and O–H groups in total. The number of esters is 1. The predicted molar refractivity (Wildman–Crippen MR) is 98.2 cm³/mol. The summed E-state index contributed by atoms with van der Waals surface area (Å²) in [7, 11) is 0. The Kier molecular flexibility index (Phi) is 5.01. The summed E-state index contributed by atoms with van der Waals surface area (Å²) in [6, 6.07) is 9.92. The number of thiophene rings is 1.